The lowest BCUT2D eigenvalue weighted by molar-refractivity contribution is -0.141. The Balaban J connectivity index is 1.35. The molecule has 12 heteroatoms. The third kappa shape index (κ3) is 4.77. The van der Waals surface area contributed by atoms with Gasteiger partial charge >= 0.3 is 10.2 Å². The molecule has 1 amide bonds. The van der Waals surface area contributed by atoms with Gasteiger partial charge < -0.3 is 10.0 Å². The van der Waals surface area contributed by atoms with Crippen LogP contribution < -0.4 is 8.61 Å². The number of piperazine rings is 1. The van der Waals surface area contributed by atoms with E-state index < -0.39 is 28.2 Å². The molecule has 0 radical (unpaired) electrons. The molecule has 3 aliphatic rings. The zero-order chi connectivity index (χ0) is 26.7. The van der Waals surface area contributed by atoms with Gasteiger partial charge in [-0.1, -0.05) is 12.1 Å². The first-order valence-corrected chi connectivity index (χ1v) is 13.7. The van der Waals surface area contributed by atoms with Crippen molar-refractivity contribution in [3.05, 3.63) is 41.5 Å². The summed E-state index contributed by atoms with van der Waals surface area (Å²) in [6, 6.07) is 9.44. The van der Waals surface area contributed by atoms with Crippen LogP contribution in [0.3, 0.4) is 0 Å². The Hall–Kier alpha value is -2.83. The highest BCUT2D eigenvalue weighted by atomic mass is 32.2. The Labute approximate surface area is 215 Å². The Kier molecular flexibility index (Phi) is 6.40. The Bertz CT molecular complexity index is 1330. The fourth-order valence-electron chi connectivity index (χ4n) is 4.95. The first kappa shape index (κ1) is 25.8. The van der Waals surface area contributed by atoms with Crippen LogP contribution in [0, 0.1) is 12.8 Å². The summed E-state index contributed by atoms with van der Waals surface area (Å²) in [5, 5.41) is 9.54. The molecule has 2 aromatic rings. The van der Waals surface area contributed by atoms with E-state index in [-0.39, 0.29) is 24.7 Å². The molecule has 1 N–H and O–H groups in total. The Morgan fingerprint density at radius 2 is 1.86 bits per heavy atom. The second-order valence-corrected chi connectivity index (χ2v) is 12.0. The maximum Gasteiger partial charge on any atom is 0.327 e. The van der Waals surface area contributed by atoms with Crippen molar-refractivity contribution < 1.29 is 27.1 Å². The van der Waals surface area contributed by atoms with Crippen molar-refractivity contribution in [1.29, 1.82) is 0 Å². The number of fused-ring (bicyclic) bond motifs is 1. The number of nitrogens with zero attached hydrogens (tertiary/aromatic N) is 5. The summed E-state index contributed by atoms with van der Waals surface area (Å²) in [5.41, 5.74) is 3.80. The average Bonchev–Trinajstić information content (AvgIpc) is 3.42. The average molecular weight is 536 g/mol. The van der Waals surface area contributed by atoms with Crippen molar-refractivity contribution in [2.24, 2.45) is 5.92 Å². The van der Waals surface area contributed by atoms with Crippen LogP contribution in [-0.2, 0) is 21.5 Å². The van der Waals surface area contributed by atoms with Gasteiger partial charge in [0.25, 0.3) is 11.8 Å². The standard InChI is InChI=1S/C25H31F2N5O4S/c1-16-4-5-18(14-30-8-10-31(11-9-30)24(34)17(2)33)12-20(16)21-6-7-22-23(28-21)29(3)37(35,36)32(22)15-19-13-25(19,26)27/h4-7,12,17,19,33H,8-11,13-15H2,1-3H3/t17-,19?/m0/s1. The molecule has 9 nitrogen and oxygen atoms in total. The molecule has 2 atom stereocenters. The fourth-order valence-corrected chi connectivity index (χ4v) is 6.36. The molecule has 0 spiro atoms. The van der Waals surface area contributed by atoms with E-state index >= 15 is 0 Å². The molecular weight excluding hydrogens is 504 g/mol. The maximum atomic E-state index is 13.5. The molecular formula is C25H31F2N5O4S. The monoisotopic (exact) mass is 535 g/mol. The molecule has 1 aromatic heterocycles. The van der Waals surface area contributed by atoms with Gasteiger partial charge in [0.2, 0.25) is 0 Å². The molecule has 200 valence electrons. The third-order valence-electron chi connectivity index (χ3n) is 7.41. The van der Waals surface area contributed by atoms with Crippen LogP contribution in [-0.4, -0.2) is 86.0 Å². The topological polar surface area (TPSA) is 97.3 Å². The number of hydrogen-bond acceptors (Lipinski definition) is 6. The van der Waals surface area contributed by atoms with Gasteiger partial charge in [-0.2, -0.15) is 8.42 Å². The van der Waals surface area contributed by atoms with Gasteiger partial charge in [0.05, 0.1) is 11.4 Å². The van der Waals surface area contributed by atoms with E-state index in [1.807, 2.05) is 25.1 Å². The summed E-state index contributed by atoms with van der Waals surface area (Å²) in [7, 11) is -2.57. The van der Waals surface area contributed by atoms with Gasteiger partial charge in [0.15, 0.2) is 5.82 Å². The minimum absolute atomic E-state index is 0.227. The van der Waals surface area contributed by atoms with Crippen LogP contribution in [0.1, 0.15) is 24.5 Å². The Morgan fingerprint density at radius 1 is 1.19 bits per heavy atom. The van der Waals surface area contributed by atoms with E-state index in [4.69, 9.17) is 0 Å². The minimum Gasteiger partial charge on any atom is -0.384 e. The Morgan fingerprint density at radius 3 is 2.49 bits per heavy atom. The molecule has 1 saturated heterocycles. The van der Waals surface area contributed by atoms with Crippen molar-refractivity contribution in [2.45, 2.75) is 38.8 Å². The summed E-state index contributed by atoms with van der Waals surface area (Å²) < 4.78 is 55.0. The quantitative estimate of drug-likeness (QED) is 0.610. The van der Waals surface area contributed by atoms with E-state index in [0.717, 1.165) is 25.3 Å². The van der Waals surface area contributed by atoms with E-state index in [0.29, 0.717) is 44.1 Å². The predicted molar refractivity (Wildman–Crippen MR) is 136 cm³/mol. The molecule has 1 aliphatic carbocycles. The fraction of sp³-hybridized carbons (Fsp3) is 0.520. The van der Waals surface area contributed by atoms with Crippen LogP contribution in [0.25, 0.3) is 11.3 Å². The molecule has 1 aromatic carbocycles. The normalized spacial score (nSPS) is 23.2. The number of amides is 1. The van der Waals surface area contributed by atoms with Crippen LogP contribution in [0.4, 0.5) is 20.3 Å². The first-order chi connectivity index (χ1) is 17.4. The van der Waals surface area contributed by atoms with Crippen LogP contribution in [0.2, 0.25) is 0 Å². The lowest BCUT2D eigenvalue weighted by Gasteiger charge is -2.35. The minimum atomic E-state index is -3.96. The van der Waals surface area contributed by atoms with E-state index in [1.165, 1.54) is 14.0 Å². The van der Waals surface area contributed by atoms with Crippen molar-refractivity contribution in [1.82, 2.24) is 14.8 Å². The van der Waals surface area contributed by atoms with Crippen molar-refractivity contribution >= 4 is 27.6 Å². The summed E-state index contributed by atoms with van der Waals surface area (Å²) in [6.45, 7) is 6.33. The largest absolute Gasteiger partial charge is 0.384 e. The summed E-state index contributed by atoms with van der Waals surface area (Å²) in [5.74, 6) is -3.82. The van der Waals surface area contributed by atoms with Gasteiger partial charge in [-0.3, -0.25) is 9.69 Å². The second-order valence-electron chi connectivity index (χ2n) is 10.1. The molecule has 5 rings (SSSR count). The number of pyridine rings is 1. The van der Waals surface area contributed by atoms with Gasteiger partial charge in [-0.05, 0) is 43.2 Å². The summed E-state index contributed by atoms with van der Waals surface area (Å²) in [4.78, 5) is 20.6. The lowest BCUT2D eigenvalue weighted by Crippen LogP contribution is -2.50. The number of anilines is 2. The molecule has 1 saturated carbocycles. The molecule has 2 fully saturated rings. The number of benzene rings is 1. The molecule has 0 bridgehead atoms. The summed E-state index contributed by atoms with van der Waals surface area (Å²) in [6.07, 6.45) is -1.30. The summed E-state index contributed by atoms with van der Waals surface area (Å²) >= 11 is 0. The van der Waals surface area contributed by atoms with E-state index in [2.05, 4.69) is 9.88 Å². The molecule has 3 heterocycles. The van der Waals surface area contributed by atoms with E-state index in [9.17, 15) is 27.1 Å². The van der Waals surface area contributed by atoms with Gasteiger partial charge in [-0.25, -0.2) is 22.4 Å². The van der Waals surface area contributed by atoms with Crippen molar-refractivity contribution in [3.8, 4) is 11.3 Å². The van der Waals surface area contributed by atoms with Crippen molar-refractivity contribution in [2.75, 3.05) is 48.4 Å². The van der Waals surface area contributed by atoms with Crippen LogP contribution in [0.15, 0.2) is 30.3 Å². The molecule has 1 unspecified atom stereocenters. The van der Waals surface area contributed by atoms with Gasteiger partial charge in [-0.15, -0.1) is 0 Å². The van der Waals surface area contributed by atoms with Crippen LogP contribution in [0.5, 0.6) is 0 Å². The number of aliphatic hydroxyl groups is 1. The highest BCUT2D eigenvalue weighted by Gasteiger charge is 2.59. The smallest absolute Gasteiger partial charge is 0.327 e. The zero-order valence-corrected chi connectivity index (χ0v) is 21.9. The highest BCUT2D eigenvalue weighted by Crippen LogP contribution is 2.51. The van der Waals surface area contributed by atoms with Crippen LogP contribution >= 0.6 is 0 Å². The van der Waals surface area contributed by atoms with Gasteiger partial charge in [0, 0.05) is 64.2 Å². The number of aromatic nitrogens is 1. The third-order valence-corrected chi connectivity index (χ3v) is 9.18. The second kappa shape index (κ2) is 9.17. The lowest BCUT2D eigenvalue weighted by atomic mass is 10.0. The molecule has 37 heavy (non-hydrogen) atoms. The predicted octanol–water partition coefficient (Wildman–Crippen LogP) is 2.24. The number of alkyl halides is 2. The highest BCUT2D eigenvalue weighted by molar-refractivity contribution is 7.94. The SMILES string of the molecule is Cc1ccc(CN2CCN(C(=O)[C@H](C)O)CC2)cc1-c1ccc2c(n1)N(C)S(=O)(=O)N2CC1CC1(F)F. The van der Waals surface area contributed by atoms with Gasteiger partial charge in [0.1, 0.15) is 6.10 Å². The number of carbonyl (C=O) groups excluding carboxylic acids is 1. The first-order valence-electron chi connectivity index (χ1n) is 12.3. The molecule has 2 aliphatic heterocycles. The number of aliphatic hydroxyl groups excluding tert-OH is 1. The number of aryl methyl sites for hydroxylation is 1. The zero-order valence-electron chi connectivity index (χ0n) is 21.1. The van der Waals surface area contributed by atoms with E-state index in [1.54, 1.807) is 17.0 Å². The number of halogens is 2. The number of rotatable bonds is 6. The number of carbonyl (C=O) groups is 1. The number of hydrogen-bond donors (Lipinski definition) is 1. The van der Waals surface area contributed by atoms with Crippen molar-refractivity contribution in [3.63, 3.8) is 0 Å². The maximum absolute atomic E-state index is 13.5.